The van der Waals surface area contributed by atoms with Crippen LogP contribution in [0.2, 0.25) is 0 Å². The van der Waals surface area contributed by atoms with Gasteiger partial charge in [-0.3, -0.25) is 14.4 Å². The highest BCUT2D eigenvalue weighted by molar-refractivity contribution is 6.37. The molecule has 2 fully saturated rings. The maximum Gasteiger partial charge on any atom is 0.220 e. The smallest absolute Gasteiger partial charge is 0.220 e. The molecular weight excluding hydrogens is 242 g/mol. The van der Waals surface area contributed by atoms with Crippen molar-refractivity contribution in [3.05, 3.63) is 0 Å². The Bertz CT molecular complexity index is 358. The molecule has 0 bridgehead atoms. The molecule has 4 heteroatoms. The summed E-state index contributed by atoms with van der Waals surface area (Å²) >= 11 is 0. The second-order valence-electron chi connectivity index (χ2n) is 5.97. The predicted octanol–water partition coefficient (Wildman–Crippen LogP) is 2.01. The summed E-state index contributed by atoms with van der Waals surface area (Å²) in [5.74, 6) is 0.178. The third kappa shape index (κ3) is 4.44. The molecule has 2 rings (SSSR count). The van der Waals surface area contributed by atoms with Crippen molar-refractivity contribution in [1.29, 1.82) is 0 Å². The van der Waals surface area contributed by atoms with Gasteiger partial charge in [-0.25, -0.2) is 0 Å². The average molecular weight is 265 g/mol. The van der Waals surface area contributed by atoms with E-state index in [1.807, 2.05) is 0 Å². The first-order chi connectivity index (χ1) is 9.15. The van der Waals surface area contributed by atoms with Crippen LogP contribution < -0.4 is 5.32 Å². The highest BCUT2D eigenvalue weighted by Gasteiger charge is 2.27. The van der Waals surface area contributed by atoms with Crippen LogP contribution in [-0.2, 0) is 14.4 Å². The molecule has 2 aliphatic rings. The van der Waals surface area contributed by atoms with Gasteiger partial charge in [0.2, 0.25) is 5.91 Å². The van der Waals surface area contributed by atoms with E-state index in [2.05, 4.69) is 5.32 Å². The van der Waals surface area contributed by atoms with Crippen molar-refractivity contribution in [1.82, 2.24) is 5.32 Å². The second-order valence-corrected chi connectivity index (χ2v) is 5.97. The lowest BCUT2D eigenvalue weighted by Gasteiger charge is -2.23. The summed E-state index contributed by atoms with van der Waals surface area (Å²) in [6.45, 7) is 0.776. The topological polar surface area (TPSA) is 63.2 Å². The minimum atomic E-state index is -0.295. The highest BCUT2D eigenvalue weighted by atomic mass is 16.2. The molecule has 0 aromatic heterocycles. The number of rotatable bonds is 4. The quantitative estimate of drug-likeness (QED) is 0.791. The SMILES string of the molecule is O=C(CC1CCC(=O)C(=O)C1)NCC1CCCCC1. The molecule has 0 saturated heterocycles. The summed E-state index contributed by atoms with van der Waals surface area (Å²) in [7, 11) is 0. The molecule has 4 nitrogen and oxygen atoms in total. The van der Waals surface area contributed by atoms with Crippen molar-refractivity contribution in [3.8, 4) is 0 Å². The third-order valence-corrected chi connectivity index (χ3v) is 4.35. The molecule has 1 amide bonds. The number of ketones is 2. The molecule has 1 unspecified atom stereocenters. The number of carbonyl (C=O) groups excluding carboxylic acids is 3. The molecule has 19 heavy (non-hydrogen) atoms. The van der Waals surface area contributed by atoms with Crippen molar-refractivity contribution in [2.24, 2.45) is 11.8 Å². The Balaban J connectivity index is 1.66. The van der Waals surface area contributed by atoms with E-state index in [-0.39, 0.29) is 29.8 Å². The number of hydrogen-bond acceptors (Lipinski definition) is 3. The van der Waals surface area contributed by atoms with Crippen LogP contribution in [0.25, 0.3) is 0 Å². The first kappa shape index (κ1) is 14.2. The van der Waals surface area contributed by atoms with Crippen LogP contribution in [0.15, 0.2) is 0 Å². The van der Waals surface area contributed by atoms with E-state index in [0.717, 1.165) is 6.54 Å². The molecule has 0 spiro atoms. The van der Waals surface area contributed by atoms with Crippen molar-refractivity contribution >= 4 is 17.5 Å². The molecule has 2 aliphatic carbocycles. The van der Waals surface area contributed by atoms with Gasteiger partial charge in [0.15, 0.2) is 11.6 Å². The van der Waals surface area contributed by atoms with E-state index in [0.29, 0.717) is 25.2 Å². The maximum atomic E-state index is 11.8. The maximum absolute atomic E-state index is 11.8. The van der Waals surface area contributed by atoms with E-state index >= 15 is 0 Å². The Labute approximate surface area is 114 Å². The Morgan fingerprint density at radius 3 is 2.42 bits per heavy atom. The van der Waals surface area contributed by atoms with Crippen LogP contribution in [0.1, 0.15) is 57.8 Å². The molecule has 106 valence electrons. The van der Waals surface area contributed by atoms with Gasteiger partial charge < -0.3 is 5.32 Å². The highest BCUT2D eigenvalue weighted by Crippen LogP contribution is 2.24. The summed E-state index contributed by atoms with van der Waals surface area (Å²) < 4.78 is 0. The number of Topliss-reactive ketones (excluding diaryl/α,β-unsaturated/α-hetero) is 2. The summed E-state index contributed by atoms with van der Waals surface area (Å²) in [5, 5.41) is 2.99. The van der Waals surface area contributed by atoms with Crippen molar-refractivity contribution in [2.45, 2.75) is 57.8 Å². The number of amides is 1. The molecule has 0 aromatic rings. The minimum Gasteiger partial charge on any atom is -0.356 e. The van der Waals surface area contributed by atoms with Gasteiger partial charge in [-0.05, 0) is 31.1 Å². The summed E-state index contributed by atoms with van der Waals surface area (Å²) in [6.07, 6.45) is 7.97. The molecule has 0 aliphatic heterocycles. The number of nitrogens with one attached hydrogen (secondary N) is 1. The first-order valence-electron chi connectivity index (χ1n) is 7.48. The van der Waals surface area contributed by atoms with Gasteiger partial charge in [-0.2, -0.15) is 0 Å². The van der Waals surface area contributed by atoms with E-state index < -0.39 is 0 Å². The normalized spacial score (nSPS) is 25.4. The summed E-state index contributed by atoms with van der Waals surface area (Å²) in [5.41, 5.74) is 0. The largest absolute Gasteiger partial charge is 0.356 e. The van der Waals surface area contributed by atoms with Crippen LogP contribution in [0.3, 0.4) is 0 Å². The van der Waals surface area contributed by atoms with Crippen LogP contribution in [-0.4, -0.2) is 24.0 Å². The van der Waals surface area contributed by atoms with Gasteiger partial charge in [0.05, 0.1) is 0 Å². The van der Waals surface area contributed by atoms with Crippen molar-refractivity contribution in [3.63, 3.8) is 0 Å². The van der Waals surface area contributed by atoms with E-state index in [4.69, 9.17) is 0 Å². The monoisotopic (exact) mass is 265 g/mol. The molecule has 2 saturated carbocycles. The Hall–Kier alpha value is -1.19. The van der Waals surface area contributed by atoms with E-state index in [1.165, 1.54) is 32.1 Å². The molecule has 1 N–H and O–H groups in total. The standard InChI is InChI=1S/C15H23NO3/c17-13-7-6-12(8-14(13)18)9-15(19)16-10-11-4-2-1-3-5-11/h11-12H,1-10H2,(H,16,19). The molecule has 1 atom stereocenters. The van der Waals surface area contributed by atoms with Gasteiger partial charge in [0, 0.05) is 25.8 Å². The molecule has 0 radical (unpaired) electrons. The van der Waals surface area contributed by atoms with Gasteiger partial charge in [-0.1, -0.05) is 19.3 Å². The zero-order valence-electron chi connectivity index (χ0n) is 11.5. The van der Waals surface area contributed by atoms with Gasteiger partial charge >= 0.3 is 0 Å². The molecule has 0 aromatic carbocycles. The van der Waals surface area contributed by atoms with Crippen molar-refractivity contribution < 1.29 is 14.4 Å². The molecule has 0 heterocycles. The summed E-state index contributed by atoms with van der Waals surface area (Å²) in [4.78, 5) is 34.3. The number of carbonyl (C=O) groups is 3. The minimum absolute atomic E-state index is 0.0396. The average Bonchev–Trinajstić information content (AvgIpc) is 2.42. The van der Waals surface area contributed by atoms with Gasteiger partial charge in [0.1, 0.15) is 0 Å². The fourth-order valence-electron chi connectivity index (χ4n) is 3.11. The molecular formula is C15H23NO3. The van der Waals surface area contributed by atoms with Crippen LogP contribution in [0.5, 0.6) is 0 Å². The third-order valence-electron chi connectivity index (χ3n) is 4.35. The fraction of sp³-hybridized carbons (Fsp3) is 0.800. The fourth-order valence-corrected chi connectivity index (χ4v) is 3.11. The van der Waals surface area contributed by atoms with Gasteiger partial charge in [0.25, 0.3) is 0 Å². The summed E-state index contributed by atoms with van der Waals surface area (Å²) in [6, 6.07) is 0. The lowest BCUT2D eigenvalue weighted by Crippen LogP contribution is -2.33. The Morgan fingerprint density at radius 1 is 1.00 bits per heavy atom. The zero-order chi connectivity index (χ0) is 13.7. The van der Waals surface area contributed by atoms with Crippen molar-refractivity contribution in [2.75, 3.05) is 6.54 Å². The number of hydrogen-bond donors (Lipinski definition) is 1. The Kier molecular flexibility index (Phi) is 5.11. The Morgan fingerprint density at radius 2 is 1.74 bits per heavy atom. The van der Waals surface area contributed by atoms with E-state index in [1.54, 1.807) is 0 Å². The second kappa shape index (κ2) is 6.83. The lowest BCUT2D eigenvalue weighted by molar-refractivity contribution is -0.139. The van der Waals surface area contributed by atoms with E-state index in [9.17, 15) is 14.4 Å². The van der Waals surface area contributed by atoms with Crippen LogP contribution in [0, 0.1) is 11.8 Å². The zero-order valence-corrected chi connectivity index (χ0v) is 11.5. The first-order valence-corrected chi connectivity index (χ1v) is 7.48. The van der Waals surface area contributed by atoms with Gasteiger partial charge in [-0.15, -0.1) is 0 Å². The predicted molar refractivity (Wildman–Crippen MR) is 71.6 cm³/mol. The van der Waals surface area contributed by atoms with Crippen LogP contribution >= 0.6 is 0 Å². The lowest BCUT2D eigenvalue weighted by atomic mass is 9.85. The van der Waals surface area contributed by atoms with Crippen LogP contribution in [0.4, 0.5) is 0 Å².